The summed E-state index contributed by atoms with van der Waals surface area (Å²) >= 11 is 1.98. The quantitative estimate of drug-likeness (QED) is 0.799. The molecule has 2 aromatic carbocycles. The second-order valence-corrected chi connectivity index (χ2v) is 4.38. The molecule has 3 nitrogen and oxygen atoms in total. The number of carbonyl (C=O) groups is 1. The number of carbonyl (C=O) groups excluding carboxylic acids is 1. The van der Waals surface area contributed by atoms with Gasteiger partial charge in [0.2, 0.25) is 0 Å². The number of para-hydroxylation sites is 1. The van der Waals surface area contributed by atoms with Crippen molar-refractivity contribution in [2.45, 2.75) is 12.8 Å². The van der Waals surface area contributed by atoms with Crippen molar-refractivity contribution in [1.29, 1.82) is 0 Å². The first-order valence-electron chi connectivity index (χ1n) is 5.94. The predicted molar refractivity (Wildman–Crippen MR) is 73.2 cm³/mol. The molecule has 0 aromatic heterocycles. The van der Waals surface area contributed by atoms with Crippen LogP contribution in [0.15, 0.2) is 54.6 Å². The Morgan fingerprint density at radius 1 is 1.05 bits per heavy atom. The number of ether oxygens (including phenoxy) is 1. The summed E-state index contributed by atoms with van der Waals surface area (Å²) in [4.78, 5) is 11.5. The van der Waals surface area contributed by atoms with Crippen LogP contribution in [0.4, 0.5) is 0 Å². The van der Waals surface area contributed by atoms with E-state index in [1.807, 2.05) is 71.2 Å². The third-order valence-corrected chi connectivity index (χ3v) is 3.04. The molecular weight excluding hydrogens is 255 g/mol. The first-order chi connectivity index (χ1) is 9.20. The summed E-state index contributed by atoms with van der Waals surface area (Å²) in [5.74, 6) is 0.853. The second kappa shape index (κ2) is 6.42. The van der Waals surface area contributed by atoms with Gasteiger partial charge in [0.25, 0.3) is 0 Å². The van der Waals surface area contributed by atoms with Crippen molar-refractivity contribution in [3.8, 4) is 11.5 Å². The molecule has 4 heteroatoms. The molecule has 0 fully saturated rings. The second-order valence-electron chi connectivity index (χ2n) is 4.15. The molecule has 0 aliphatic rings. The molecule has 2 rings (SSSR count). The van der Waals surface area contributed by atoms with Gasteiger partial charge in [-0.1, -0.05) is 0 Å². The molecule has 19 heavy (non-hydrogen) atoms. The Morgan fingerprint density at radius 2 is 1.74 bits per heavy atom. The average molecular weight is 268 g/mol. The van der Waals surface area contributed by atoms with Crippen LogP contribution in [0.5, 0.6) is 11.5 Å². The van der Waals surface area contributed by atoms with E-state index in [1.165, 1.54) is 0 Å². The maximum absolute atomic E-state index is 11.5. The Morgan fingerprint density at radius 3 is 2.42 bits per heavy atom. The van der Waals surface area contributed by atoms with Crippen molar-refractivity contribution < 1.29 is 13.3 Å². The van der Waals surface area contributed by atoms with Crippen LogP contribution in [0.25, 0.3) is 0 Å². The predicted octanol–water partition coefficient (Wildman–Crippen LogP) is 3.21. The maximum atomic E-state index is 11.5. The number of hydrogen-bond acceptors (Lipinski definition) is 3. The molecule has 0 radical (unpaired) electrons. The fourth-order valence-electron chi connectivity index (χ4n) is 1.71. The standard InChI is InChI=1S/C15H14O3.Al/c1-11(15(16)17)12-6-5-9-14(10-12)18-13-7-3-2-4-8-13;/h2-11H,1H3,(H,16,17);/q;+3/p-1. The van der Waals surface area contributed by atoms with E-state index in [0.29, 0.717) is 5.75 Å². The zero-order chi connectivity index (χ0) is 13.7. The molecule has 92 valence electrons. The van der Waals surface area contributed by atoms with Crippen LogP contribution in [0.2, 0.25) is 0 Å². The molecule has 1 atom stereocenters. The molecule has 0 saturated heterocycles. The van der Waals surface area contributed by atoms with Gasteiger partial charge in [0.15, 0.2) is 0 Å². The van der Waals surface area contributed by atoms with E-state index in [9.17, 15) is 4.79 Å². The molecule has 2 aromatic rings. The van der Waals surface area contributed by atoms with Crippen LogP contribution in [0.3, 0.4) is 0 Å². The molecule has 0 N–H and O–H groups in total. The van der Waals surface area contributed by atoms with Crippen LogP contribution in [-0.2, 0) is 8.58 Å². The van der Waals surface area contributed by atoms with Gasteiger partial charge in [-0.3, -0.25) is 0 Å². The third-order valence-electron chi connectivity index (χ3n) is 2.81. The van der Waals surface area contributed by atoms with Crippen molar-refractivity contribution >= 4 is 22.6 Å². The van der Waals surface area contributed by atoms with Gasteiger partial charge in [0.05, 0.1) is 0 Å². The summed E-state index contributed by atoms with van der Waals surface area (Å²) in [6.45, 7) is 1.80. The van der Waals surface area contributed by atoms with E-state index in [4.69, 9.17) is 4.74 Å². The Balaban J connectivity index is 2.18. The zero-order valence-electron chi connectivity index (χ0n) is 10.6. The monoisotopic (exact) mass is 268 g/mol. The first kappa shape index (κ1) is 13.7. The van der Waals surface area contributed by atoms with Gasteiger partial charge in [-0.2, -0.15) is 0 Å². The van der Waals surface area contributed by atoms with E-state index in [2.05, 4.69) is 3.79 Å². The fourth-order valence-corrected chi connectivity index (χ4v) is 1.91. The van der Waals surface area contributed by atoms with E-state index in [-0.39, 0.29) is 11.9 Å². The summed E-state index contributed by atoms with van der Waals surface area (Å²) in [6.07, 6.45) is 0. The fraction of sp³-hybridized carbons (Fsp3) is 0.133. The summed E-state index contributed by atoms with van der Waals surface area (Å²) in [6, 6.07) is 17.0. The normalized spacial score (nSPS) is 11.7. The van der Waals surface area contributed by atoms with E-state index < -0.39 is 0 Å². The van der Waals surface area contributed by atoms with Crippen molar-refractivity contribution in [1.82, 2.24) is 0 Å². The summed E-state index contributed by atoms with van der Waals surface area (Å²) in [5.41, 5.74) is 0.862. The van der Waals surface area contributed by atoms with Crippen molar-refractivity contribution in [3.05, 3.63) is 60.2 Å². The van der Waals surface area contributed by atoms with E-state index >= 15 is 0 Å². The van der Waals surface area contributed by atoms with Gasteiger partial charge in [0.1, 0.15) is 0 Å². The van der Waals surface area contributed by atoms with Crippen LogP contribution >= 0.6 is 0 Å². The Labute approximate surface area is 120 Å². The van der Waals surface area contributed by atoms with Crippen LogP contribution in [0, 0.1) is 0 Å². The number of hydrogen-bond donors (Lipinski definition) is 0. The van der Waals surface area contributed by atoms with Gasteiger partial charge < -0.3 is 0 Å². The SMILES string of the molecule is CC(C(=O)[O][Al+2])c1cccc(Oc2ccccc2)c1. The topological polar surface area (TPSA) is 35.5 Å². The van der Waals surface area contributed by atoms with Crippen LogP contribution in [0.1, 0.15) is 18.4 Å². The minimum absolute atomic E-state index is 0.290. The number of rotatable bonds is 4. The molecular formula is C15H13AlO3+2. The number of benzene rings is 2. The van der Waals surface area contributed by atoms with Gasteiger partial charge >= 0.3 is 120 Å². The van der Waals surface area contributed by atoms with Crippen LogP contribution in [-0.4, -0.2) is 22.6 Å². The van der Waals surface area contributed by atoms with Crippen molar-refractivity contribution in [3.63, 3.8) is 0 Å². The van der Waals surface area contributed by atoms with Crippen molar-refractivity contribution in [2.75, 3.05) is 0 Å². The van der Waals surface area contributed by atoms with Crippen LogP contribution < -0.4 is 4.74 Å². The molecule has 1 unspecified atom stereocenters. The summed E-state index contributed by atoms with van der Waals surface area (Å²) < 4.78 is 10.4. The Hall–Kier alpha value is -1.76. The zero-order valence-corrected chi connectivity index (χ0v) is 11.7. The molecule has 0 bridgehead atoms. The summed E-state index contributed by atoms with van der Waals surface area (Å²) in [7, 11) is 0. The third kappa shape index (κ3) is 3.60. The molecule has 0 aliphatic heterocycles. The van der Waals surface area contributed by atoms with E-state index in [0.717, 1.165) is 11.3 Å². The van der Waals surface area contributed by atoms with Gasteiger partial charge in [-0.05, 0) is 0 Å². The molecule has 0 saturated carbocycles. The van der Waals surface area contributed by atoms with Crippen molar-refractivity contribution in [2.24, 2.45) is 0 Å². The van der Waals surface area contributed by atoms with Gasteiger partial charge in [-0.25, -0.2) is 0 Å². The van der Waals surface area contributed by atoms with E-state index in [1.54, 1.807) is 6.92 Å². The Kier molecular flexibility index (Phi) is 4.62. The molecule has 0 aliphatic carbocycles. The molecule has 0 spiro atoms. The van der Waals surface area contributed by atoms with Gasteiger partial charge in [-0.15, -0.1) is 0 Å². The molecule has 0 amide bonds. The minimum atomic E-state index is -0.322. The molecule has 0 heterocycles. The first-order valence-corrected chi connectivity index (χ1v) is 6.41. The summed E-state index contributed by atoms with van der Waals surface area (Å²) in [5, 5.41) is 0. The average Bonchev–Trinajstić information content (AvgIpc) is 2.47. The Bertz CT molecular complexity index is 554. The van der Waals surface area contributed by atoms with Gasteiger partial charge in [0, 0.05) is 0 Å².